The summed E-state index contributed by atoms with van der Waals surface area (Å²) in [6.07, 6.45) is 0.304. The second kappa shape index (κ2) is 6.48. The Hall–Kier alpha value is -2.40. The number of aliphatic hydroxyl groups is 1. The Kier molecular flexibility index (Phi) is 4.17. The Morgan fingerprint density at radius 2 is 1.44 bits per heavy atom. The van der Waals surface area contributed by atoms with Gasteiger partial charge in [-0.25, -0.2) is 0 Å². The Morgan fingerprint density at radius 3 is 2.16 bits per heavy atom. The molecule has 4 rings (SSSR count). The Balaban J connectivity index is 1.45. The molecule has 2 aliphatic rings. The summed E-state index contributed by atoms with van der Waals surface area (Å²) in [6, 6.07) is 11.7. The normalized spacial score (nSPS) is 18.0. The van der Waals surface area contributed by atoms with Gasteiger partial charge in [-0.2, -0.15) is 0 Å². The second-order valence-electron chi connectivity index (χ2n) is 6.79. The highest BCUT2D eigenvalue weighted by Crippen LogP contribution is 2.38. The molecular formula is C20H22O5. The van der Waals surface area contributed by atoms with E-state index in [4.69, 9.17) is 18.9 Å². The van der Waals surface area contributed by atoms with E-state index in [1.807, 2.05) is 30.3 Å². The van der Waals surface area contributed by atoms with Gasteiger partial charge in [0.25, 0.3) is 0 Å². The van der Waals surface area contributed by atoms with Gasteiger partial charge >= 0.3 is 0 Å². The van der Waals surface area contributed by atoms with E-state index in [1.165, 1.54) is 5.56 Å². The molecule has 0 radical (unpaired) electrons. The molecule has 5 heteroatoms. The first kappa shape index (κ1) is 16.1. The third kappa shape index (κ3) is 3.12. The van der Waals surface area contributed by atoms with E-state index in [1.54, 1.807) is 0 Å². The van der Waals surface area contributed by atoms with E-state index in [2.05, 4.69) is 19.9 Å². The van der Waals surface area contributed by atoms with Crippen molar-refractivity contribution in [3.8, 4) is 23.0 Å². The molecule has 0 bridgehead atoms. The van der Waals surface area contributed by atoms with Crippen molar-refractivity contribution in [2.45, 2.75) is 26.4 Å². The van der Waals surface area contributed by atoms with Crippen molar-refractivity contribution in [3.05, 3.63) is 47.5 Å². The van der Waals surface area contributed by atoms with Crippen LogP contribution in [0.4, 0.5) is 0 Å². The zero-order valence-corrected chi connectivity index (χ0v) is 14.4. The zero-order chi connectivity index (χ0) is 17.4. The maximum Gasteiger partial charge on any atom is 0.231 e. The van der Waals surface area contributed by atoms with Crippen LogP contribution in [0.3, 0.4) is 0 Å². The molecule has 0 aromatic heterocycles. The predicted molar refractivity (Wildman–Crippen MR) is 92.1 cm³/mol. The van der Waals surface area contributed by atoms with Gasteiger partial charge in [-0.15, -0.1) is 0 Å². The Bertz CT molecular complexity index is 773. The van der Waals surface area contributed by atoms with Crippen LogP contribution in [0.15, 0.2) is 36.4 Å². The monoisotopic (exact) mass is 342 g/mol. The number of aliphatic hydroxyl groups excluding tert-OH is 1. The summed E-state index contributed by atoms with van der Waals surface area (Å²) in [5.74, 6) is 3.41. The zero-order valence-electron chi connectivity index (χ0n) is 14.4. The van der Waals surface area contributed by atoms with Crippen LogP contribution in [0.1, 0.15) is 31.1 Å². The van der Waals surface area contributed by atoms with Gasteiger partial charge in [-0.05, 0) is 53.6 Å². The SMILES string of the molecule is C[C@@H]([C@H](C)Cc1ccc2c(c1)OCO2)[C@@H](O)c1ccc2c(c1)OCO2. The van der Waals surface area contributed by atoms with Gasteiger partial charge < -0.3 is 24.1 Å². The van der Waals surface area contributed by atoms with Crippen molar-refractivity contribution < 1.29 is 24.1 Å². The number of hydrogen-bond donors (Lipinski definition) is 1. The molecule has 0 aliphatic carbocycles. The first-order valence-electron chi connectivity index (χ1n) is 8.58. The standard InChI is InChI=1S/C20H22O5/c1-12(7-14-3-5-16-18(8-14)24-10-22-16)13(2)20(21)15-4-6-17-19(9-15)25-11-23-17/h3-6,8-9,12-13,20-21H,7,10-11H2,1-2H3/t12-,13+,20-/m1/s1. The summed E-state index contributed by atoms with van der Waals surface area (Å²) in [6.45, 7) is 4.76. The fraction of sp³-hybridized carbons (Fsp3) is 0.400. The van der Waals surface area contributed by atoms with Crippen molar-refractivity contribution in [1.82, 2.24) is 0 Å². The summed E-state index contributed by atoms with van der Waals surface area (Å²) in [5.41, 5.74) is 2.04. The van der Waals surface area contributed by atoms with E-state index in [-0.39, 0.29) is 19.5 Å². The summed E-state index contributed by atoms with van der Waals surface area (Å²) in [7, 11) is 0. The summed E-state index contributed by atoms with van der Waals surface area (Å²) < 4.78 is 21.5. The lowest BCUT2D eigenvalue weighted by molar-refractivity contribution is 0.0869. The molecule has 0 spiro atoms. The quantitative estimate of drug-likeness (QED) is 0.898. The Labute approximate surface area is 147 Å². The molecule has 2 aromatic rings. The molecule has 2 heterocycles. The van der Waals surface area contributed by atoms with Crippen molar-refractivity contribution in [1.29, 1.82) is 0 Å². The first-order valence-corrected chi connectivity index (χ1v) is 8.58. The molecule has 2 aliphatic heterocycles. The highest BCUT2D eigenvalue weighted by Gasteiger charge is 2.25. The molecule has 2 aromatic carbocycles. The van der Waals surface area contributed by atoms with Crippen LogP contribution in [0.25, 0.3) is 0 Å². The molecule has 25 heavy (non-hydrogen) atoms. The molecule has 0 amide bonds. The van der Waals surface area contributed by atoms with Crippen LogP contribution < -0.4 is 18.9 Å². The molecular weight excluding hydrogens is 320 g/mol. The summed E-state index contributed by atoms with van der Waals surface area (Å²) in [5, 5.41) is 10.8. The van der Waals surface area contributed by atoms with Gasteiger partial charge in [0, 0.05) is 0 Å². The van der Waals surface area contributed by atoms with E-state index in [0.29, 0.717) is 11.7 Å². The molecule has 5 nitrogen and oxygen atoms in total. The number of hydrogen-bond acceptors (Lipinski definition) is 5. The maximum absolute atomic E-state index is 10.8. The van der Waals surface area contributed by atoms with E-state index >= 15 is 0 Å². The maximum atomic E-state index is 10.8. The van der Waals surface area contributed by atoms with Crippen molar-refractivity contribution >= 4 is 0 Å². The van der Waals surface area contributed by atoms with Gasteiger partial charge in [0.05, 0.1) is 6.10 Å². The second-order valence-corrected chi connectivity index (χ2v) is 6.79. The fourth-order valence-electron chi connectivity index (χ4n) is 3.34. The van der Waals surface area contributed by atoms with Crippen molar-refractivity contribution in [2.24, 2.45) is 11.8 Å². The highest BCUT2D eigenvalue weighted by molar-refractivity contribution is 5.46. The smallest absolute Gasteiger partial charge is 0.231 e. The van der Waals surface area contributed by atoms with Crippen molar-refractivity contribution in [3.63, 3.8) is 0 Å². The fourth-order valence-corrected chi connectivity index (χ4v) is 3.34. The number of ether oxygens (including phenoxy) is 4. The number of benzene rings is 2. The molecule has 0 saturated carbocycles. The molecule has 0 saturated heterocycles. The minimum atomic E-state index is -0.557. The van der Waals surface area contributed by atoms with E-state index in [9.17, 15) is 5.11 Å². The molecule has 132 valence electrons. The van der Waals surface area contributed by atoms with Gasteiger partial charge in [0.15, 0.2) is 23.0 Å². The molecule has 3 atom stereocenters. The van der Waals surface area contributed by atoms with Gasteiger partial charge in [0.1, 0.15) is 0 Å². The largest absolute Gasteiger partial charge is 0.454 e. The molecule has 0 unspecified atom stereocenters. The van der Waals surface area contributed by atoms with Crippen LogP contribution in [0, 0.1) is 11.8 Å². The average molecular weight is 342 g/mol. The third-order valence-corrected chi connectivity index (χ3v) is 5.13. The van der Waals surface area contributed by atoms with E-state index < -0.39 is 6.10 Å². The van der Waals surface area contributed by atoms with Crippen LogP contribution in [0.2, 0.25) is 0 Å². The van der Waals surface area contributed by atoms with E-state index in [0.717, 1.165) is 29.2 Å². The first-order chi connectivity index (χ1) is 12.1. The van der Waals surface area contributed by atoms with Crippen LogP contribution in [0.5, 0.6) is 23.0 Å². The topological polar surface area (TPSA) is 57.2 Å². The van der Waals surface area contributed by atoms with Gasteiger partial charge in [0.2, 0.25) is 13.6 Å². The molecule has 0 fully saturated rings. The van der Waals surface area contributed by atoms with Crippen LogP contribution >= 0.6 is 0 Å². The van der Waals surface area contributed by atoms with Crippen LogP contribution in [-0.2, 0) is 6.42 Å². The van der Waals surface area contributed by atoms with Crippen LogP contribution in [-0.4, -0.2) is 18.7 Å². The number of fused-ring (bicyclic) bond motifs is 2. The molecule has 1 N–H and O–H groups in total. The minimum Gasteiger partial charge on any atom is -0.454 e. The minimum absolute atomic E-state index is 0.0887. The summed E-state index contributed by atoms with van der Waals surface area (Å²) >= 11 is 0. The number of rotatable bonds is 5. The predicted octanol–water partition coefficient (Wildman–Crippen LogP) is 3.69. The Morgan fingerprint density at radius 1 is 0.840 bits per heavy atom. The summed E-state index contributed by atoms with van der Waals surface area (Å²) in [4.78, 5) is 0. The third-order valence-electron chi connectivity index (χ3n) is 5.13. The lowest BCUT2D eigenvalue weighted by Gasteiger charge is -2.25. The lowest BCUT2D eigenvalue weighted by atomic mass is 9.83. The lowest BCUT2D eigenvalue weighted by Crippen LogP contribution is -2.19. The van der Waals surface area contributed by atoms with Gasteiger partial charge in [-0.3, -0.25) is 0 Å². The van der Waals surface area contributed by atoms with Gasteiger partial charge in [-0.1, -0.05) is 26.0 Å². The average Bonchev–Trinajstić information content (AvgIpc) is 3.28. The highest BCUT2D eigenvalue weighted by atomic mass is 16.7. The van der Waals surface area contributed by atoms with Crippen molar-refractivity contribution in [2.75, 3.05) is 13.6 Å².